The summed E-state index contributed by atoms with van der Waals surface area (Å²) in [6.45, 7) is 5.99. The molecule has 0 saturated heterocycles. The number of rotatable bonds is 4. The van der Waals surface area contributed by atoms with Crippen LogP contribution in [0.5, 0.6) is 0 Å². The number of hydrogen-bond donors (Lipinski definition) is 1. The molecule has 2 heterocycles. The van der Waals surface area contributed by atoms with Gasteiger partial charge in [0.2, 0.25) is 5.91 Å². The van der Waals surface area contributed by atoms with Gasteiger partial charge in [-0.05, 0) is 44.5 Å². The molecule has 122 valence electrons. The lowest BCUT2D eigenvalue weighted by Crippen LogP contribution is -2.07. The lowest BCUT2D eigenvalue weighted by Gasteiger charge is -2.03. The van der Waals surface area contributed by atoms with Crippen molar-refractivity contribution in [3.63, 3.8) is 0 Å². The molecule has 24 heavy (non-hydrogen) atoms. The van der Waals surface area contributed by atoms with Crippen molar-refractivity contribution in [2.75, 3.05) is 5.32 Å². The number of nitrogens with one attached hydrogen (secondary N) is 1. The molecule has 4 nitrogen and oxygen atoms in total. The molecule has 0 unspecified atom stereocenters. The third-order valence-corrected chi connectivity index (χ3v) is 4.31. The van der Waals surface area contributed by atoms with Gasteiger partial charge in [0.15, 0.2) is 5.13 Å². The molecule has 0 aliphatic rings. The minimum absolute atomic E-state index is 0.231. The Kier molecular flexibility index (Phi) is 4.62. The molecule has 0 radical (unpaired) electrons. The van der Waals surface area contributed by atoms with Gasteiger partial charge < -0.3 is 4.42 Å². The van der Waals surface area contributed by atoms with Crippen molar-refractivity contribution in [3.8, 4) is 11.3 Å². The topological polar surface area (TPSA) is 55.1 Å². The summed E-state index contributed by atoms with van der Waals surface area (Å²) in [5.41, 5.74) is 4.35. The Balaban J connectivity index is 1.69. The van der Waals surface area contributed by atoms with Crippen LogP contribution in [0.15, 0.2) is 46.2 Å². The molecule has 0 aliphatic heterocycles. The number of carbonyl (C=O) groups excluding carboxylic acids is 1. The molecule has 3 aromatic rings. The summed E-state index contributed by atoms with van der Waals surface area (Å²) >= 11 is 1.41. The Bertz CT molecular complexity index is 906. The first kappa shape index (κ1) is 16.2. The number of furan rings is 1. The van der Waals surface area contributed by atoms with Gasteiger partial charge in [-0.25, -0.2) is 4.98 Å². The number of hydrogen-bond acceptors (Lipinski definition) is 4. The van der Waals surface area contributed by atoms with Crippen molar-refractivity contribution in [1.29, 1.82) is 0 Å². The summed E-state index contributed by atoms with van der Waals surface area (Å²) in [5, 5.41) is 5.31. The van der Waals surface area contributed by atoms with Crippen molar-refractivity contribution in [2.45, 2.75) is 20.8 Å². The average molecular weight is 338 g/mol. The number of thiazole rings is 1. The highest BCUT2D eigenvalue weighted by atomic mass is 32.1. The summed E-state index contributed by atoms with van der Waals surface area (Å²) in [6.07, 6.45) is 3.08. The van der Waals surface area contributed by atoms with Gasteiger partial charge in [-0.3, -0.25) is 10.1 Å². The van der Waals surface area contributed by atoms with Gasteiger partial charge in [0, 0.05) is 17.0 Å². The number of aryl methyl sites for hydroxylation is 3. The molecule has 0 aliphatic carbocycles. The summed E-state index contributed by atoms with van der Waals surface area (Å²) in [6, 6.07) is 9.93. The predicted octanol–water partition coefficient (Wildman–Crippen LogP) is 4.98. The molecule has 0 bridgehead atoms. The van der Waals surface area contributed by atoms with E-state index in [0.717, 1.165) is 17.0 Å². The molecule has 0 fully saturated rings. The van der Waals surface area contributed by atoms with Gasteiger partial charge in [0.1, 0.15) is 11.5 Å². The third-order valence-electron chi connectivity index (χ3n) is 3.55. The number of benzene rings is 1. The van der Waals surface area contributed by atoms with Crippen molar-refractivity contribution in [3.05, 3.63) is 64.4 Å². The molecular formula is C19H18N2O2S. The Hall–Kier alpha value is -2.66. The molecule has 1 amide bonds. The first-order valence-corrected chi connectivity index (χ1v) is 8.48. The van der Waals surface area contributed by atoms with Crippen molar-refractivity contribution < 1.29 is 9.21 Å². The minimum atomic E-state index is -0.231. The van der Waals surface area contributed by atoms with Gasteiger partial charge >= 0.3 is 0 Å². The summed E-state index contributed by atoms with van der Waals surface area (Å²) < 4.78 is 5.39. The van der Waals surface area contributed by atoms with Crippen LogP contribution in [-0.2, 0) is 4.79 Å². The Morgan fingerprint density at radius 3 is 2.75 bits per heavy atom. The number of aromatic nitrogens is 1. The zero-order valence-electron chi connectivity index (χ0n) is 13.8. The zero-order chi connectivity index (χ0) is 17.1. The van der Waals surface area contributed by atoms with E-state index in [2.05, 4.69) is 42.3 Å². The number of carbonyl (C=O) groups is 1. The van der Waals surface area contributed by atoms with Gasteiger partial charge in [-0.2, -0.15) is 0 Å². The number of amides is 1. The maximum absolute atomic E-state index is 12.0. The highest BCUT2D eigenvalue weighted by Crippen LogP contribution is 2.28. The van der Waals surface area contributed by atoms with Crippen molar-refractivity contribution in [1.82, 2.24) is 4.98 Å². The number of anilines is 1. The fourth-order valence-corrected chi connectivity index (χ4v) is 3.12. The second-order valence-corrected chi connectivity index (χ2v) is 6.49. The SMILES string of the molecule is Cc1ccc(-c2csc(NC(=O)C=Cc3ccc(C)o3)n2)c(C)c1. The predicted molar refractivity (Wildman–Crippen MR) is 98.1 cm³/mol. The lowest BCUT2D eigenvalue weighted by atomic mass is 10.0. The van der Waals surface area contributed by atoms with Crippen LogP contribution in [0, 0.1) is 20.8 Å². The standard InChI is InChI=1S/C19H18N2O2S/c1-12-4-8-16(13(2)10-12)17-11-24-19(20-17)21-18(22)9-7-15-6-5-14(3)23-15/h4-11H,1-3H3,(H,20,21,22). The van der Waals surface area contributed by atoms with Gasteiger partial charge in [0.05, 0.1) is 5.69 Å². The van der Waals surface area contributed by atoms with E-state index >= 15 is 0 Å². The van der Waals surface area contributed by atoms with Crippen LogP contribution in [0.4, 0.5) is 5.13 Å². The normalized spacial score (nSPS) is 11.1. The lowest BCUT2D eigenvalue weighted by molar-refractivity contribution is -0.111. The van der Waals surface area contributed by atoms with Crippen LogP contribution in [-0.4, -0.2) is 10.9 Å². The fraction of sp³-hybridized carbons (Fsp3) is 0.158. The van der Waals surface area contributed by atoms with E-state index in [1.54, 1.807) is 6.08 Å². The van der Waals surface area contributed by atoms with Crippen molar-refractivity contribution >= 4 is 28.5 Å². The van der Waals surface area contributed by atoms with Crippen LogP contribution < -0.4 is 5.32 Å². The minimum Gasteiger partial charge on any atom is -0.462 e. The largest absolute Gasteiger partial charge is 0.462 e. The molecule has 2 aromatic heterocycles. The van der Waals surface area contributed by atoms with Gasteiger partial charge in [0.25, 0.3) is 0 Å². The van der Waals surface area contributed by atoms with Crippen LogP contribution in [0.25, 0.3) is 17.3 Å². The maximum Gasteiger partial charge on any atom is 0.250 e. The van der Waals surface area contributed by atoms with E-state index < -0.39 is 0 Å². The highest BCUT2D eigenvalue weighted by molar-refractivity contribution is 7.14. The zero-order valence-corrected chi connectivity index (χ0v) is 14.6. The summed E-state index contributed by atoms with van der Waals surface area (Å²) in [4.78, 5) is 16.5. The molecule has 1 N–H and O–H groups in total. The van der Waals surface area contributed by atoms with Crippen LogP contribution in [0.2, 0.25) is 0 Å². The highest BCUT2D eigenvalue weighted by Gasteiger charge is 2.08. The van der Waals surface area contributed by atoms with E-state index in [4.69, 9.17) is 4.42 Å². The second-order valence-electron chi connectivity index (χ2n) is 5.63. The Labute approximate surface area is 144 Å². The van der Waals surface area contributed by atoms with Crippen molar-refractivity contribution in [2.24, 2.45) is 0 Å². The monoisotopic (exact) mass is 338 g/mol. The van der Waals surface area contributed by atoms with E-state index in [-0.39, 0.29) is 5.91 Å². The molecular weight excluding hydrogens is 320 g/mol. The maximum atomic E-state index is 12.0. The van der Waals surface area contributed by atoms with E-state index in [1.807, 2.05) is 24.4 Å². The van der Waals surface area contributed by atoms with E-state index in [9.17, 15) is 4.79 Å². The summed E-state index contributed by atoms with van der Waals surface area (Å²) in [7, 11) is 0. The molecule has 3 rings (SSSR count). The van der Waals surface area contributed by atoms with Gasteiger partial charge in [-0.1, -0.05) is 23.8 Å². The molecule has 1 aromatic carbocycles. The molecule has 0 saturated carbocycles. The molecule has 0 spiro atoms. The molecule has 5 heteroatoms. The van der Waals surface area contributed by atoms with E-state index in [0.29, 0.717) is 10.9 Å². The van der Waals surface area contributed by atoms with Gasteiger partial charge in [-0.15, -0.1) is 11.3 Å². The third kappa shape index (κ3) is 3.81. The van der Waals surface area contributed by atoms with Crippen LogP contribution in [0.1, 0.15) is 22.6 Å². The van der Waals surface area contributed by atoms with Crippen LogP contribution >= 0.6 is 11.3 Å². The summed E-state index contributed by atoms with van der Waals surface area (Å²) in [5.74, 6) is 1.23. The quantitative estimate of drug-likeness (QED) is 0.683. The van der Waals surface area contributed by atoms with E-state index in [1.165, 1.54) is 28.5 Å². The smallest absolute Gasteiger partial charge is 0.250 e. The first-order valence-electron chi connectivity index (χ1n) is 7.60. The average Bonchev–Trinajstić information content (AvgIpc) is 3.14. The fourth-order valence-electron chi connectivity index (χ4n) is 2.40. The Morgan fingerprint density at radius 2 is 2.04 bits per heavy atom. The molecule has 0 atom stereocenters. The number of nitrogens with zero attached hydrogens (tertiary/aromatic N) is 1. The second kappa shape index (κ2) is 6.84. The van der Waals surface area contributed by atoms with Crippen LogP contribution in [0.3, 0.4) is 0 Å². The first-order chi connectivity index (χ1) is 11.5. The Morgan fingerprint density at radius 1 is 1.21 bits per heavy atom.